The van der Waals surface area contributed by atoms with Gasteiger partial charge in [0, 0.05) is 23.6 Å². The minimum Gasteiger partial charge on any atom is -0.493 e. The van der Waals surface area contributed by atoms with Crippen molar-refractivity contribution in [2.45, 2.75) is 19.8 Å². The number of methoxy groups -OCH3 is 2. The number of carbonyl (C=O) groups excluding carboxylic acids is 1. The van der Waals surface area contributed by atoms with Crippen molar-refractivity contribution < 1.29 is 14.3 Å². The number of anilines is 3. The summed E-state index contributed by atoms with van der Waals surface area (Å²) in [5.74, 6) is 1.47. The Morgan fingerprint density at radius 2 is 1.76 bits per heavy atom. The van der Waals surface area contributed by atoms with Crippen LogP contribution in [0.5, 0.6) is 11.5 Å². The SMILES string of the molecule is COc1ccc(NC(=O)c2ccnc(Nc3ccccc3C(C)C)n2)cc1OC. The molecule has 3 rings (SSSR count). The standard InChI is InChI=1S/C22H24N4O3/c1-14(2)16-7-5-6-8-17(16)25-22-23-12-11-18(26-22)21(27)24-15-9-10-19(28-3)20(13-15)29-4/h5-14H,1-4H3,(H,24,27)(H,23,25,26). The number of hydrogen-bond donors (Lipinski definition) is 2. The maximum atomic E-state index is 12.6. The van der Waals surface area contributed by atoms with Gasteiger partial charge in [-0.25, -0.2) is 9.97 Å². The Kier molecular flexibility index (Phi) is 6.29. The van der Waals surface area contributed by atoms with Gasteiger partial charge in [-0.2, -0.15) is 0 Å². The van der Waals surface area contributed by atoms with Crippen LogP contribution in [-0.2, 0) is 0 Å². The summed E-state index contributed by atoms with van der Waals surface area (Å²) < 4.78 is 10.5. The van der Waals surface area contributed by atoms with Crippen molar-refractivity contribution in [2.24, 2.45) is 0 Å². The highest BCUT2D eigenvalue weighted by molar-refractivity contribution is 6.03. The first-order valence-electron chi connectivity index (χ1n) is 9.24. The number of nitrogens with one attached hydrogen (secondary N) is 2. The molecule has 0 radical (unpaired) electrons. The quantitative estimate of drug-likeness (QED) is 0.611. The van der Waals surface area contributed by atoms with Gasteiger partial charge in [-0.3, -0.25) is 4.79 Å². The van der Waals surface area contributed by atoms with E-state index in [1.54, 1.807) is 44.7 Å². The Labute approximate surface area is 170 Å². The Balaban J connectivity index is 1.78. The van der Waals surface area contributed by atoms with Crippen molar-refractivity contribution in [3.8, 4) is 11.5 Å². The normalized spacial score (nSPS) is 10.5. The first-order chi connectivity index (χ1) is 14.0. The summed E-state index contributed by atoms with van der Waals surface area (Å²) in [6, 6.07) is 14.7. The van der Waals surface area contributed by atoms with Crippen LogP contribution in [0.25, 0.3) is 0 Å². The lowest BCUT2D eigenvalue weighted by molar-refractivity contribution is 0.102. The number of amides is 1. The van der Waals surface area contributed by atoms with Crippen LogP contribution in [0.4, 0.5) is 17.3 Å². The molecular formula is C22H24N4O3. The molecule has 2 aromatic carbocycles. The number of carbonyl (C=O) groups is 1. The van der Waals surface area contributed by atoms with Crippen LogP contribution in [0.1, 0.15) is 35.8 Å². The van der Waals surface area contributed by atoms with E-state index < -0.39 is 0 Å². The largest absolute Gasteiger partial charge is 0.493 e. The molecule has 2 N–H and O–H groups in total. The number of rotatable bonds is 7. The fourth-order valence-corrected chi connectivity index (χ4v) is 2.89. The second kappa shape index (κ2) is 9.05. The van der Waals surface area contributed by atoms with E-state index in [2.05, 4.69) is 40.5 Å². The Morgan fingerprint density at radius 3 is 2.48 bits per heavy atom. The molecule has 0 aliphatic rings. The van der Waals surface area contributed by atoms with E-state index >= 15 is 0 Å². The van der Waals surface area contributed by atoms with Gasteiger partial charge in [0.1, 0.15) is 5.69 Å². The summed E-state index contributed by atoms with van der Waals surface area (Å²) in [6.07, 6.45) is 1.55. The molecule has 1 heterocycles. The molecule has 0 spiro atoms. The number of aromatic nitrogens is 2. The van der Waals surface area contributed by atoms with Crippen molar-refractivity contribution in [3.63, 3.8) is 0 Å². The van der Waals surface area contributed by atoms with E-state index in [0.29, 0.717) is 29.1 Å². The number of benzene rings is 2. The summed E-state index contributed by atoms with van der Waals surface area (Å²) in [4.78, 5) is 21.2. The van der Waals surface area contributed by atoms with Gasteiger partial charge < -0.3 is 20.1 Å². The molecule has 1 aromatic heterocycles. The monoisotopic (exact) mass is 392 g/mol. The second-order valence-corrected chi connectivity index (χ2v) is 6.66. The zero-order chi connectivity index (χ0) is 20.8. The average molecular weight is 392 g/mol. The molecular weight excluding hydrogens is 368 g/mol. The van der Waals surface area contributed by atoms with E-state index in [4.69, 9.17) is 9.47 Å². The van der Waals surface area contributed by atoms with Gasteiger partial charge in [-0.05, 0) is 35.7 Å². The molecule has 0 saturated carbocycles. The van der Waals surface area contributed by atoms with Gasteiger partial charge in [0.25, 0.3) is 5.91 Å². The lowest BCUT2D eigenvalue weighted by atomic mass is 10.0. The predicted molar refractivity (Wildman–Crippen MR) is 113 cm³/mol. The Hall–Kier alpha value is -3.61. The first kappa shape index (κ1) is 20.1. The number of ether oxygens (including phenoxy) is 2. The molecule has 0 aliphatic heterocycles. The minimum absolute atomic E-state index is 0.249. The number of para-hydroxylation sites is 1. The summed E-state index contributed by atoms with van der Waals surface area (Å²) in [7, 11) is 3.10. The molecule has 3 aromatic rings. The maximum Gasteiger partial charge on any atom is 0.274 e. The average Bonchev–Trinajstić information content (AvgIpc) is 2.74. The topological polar surface area (TPSA) is 85.4 Å². The lowest BCUT2D eigenvalue weighted by Gasteiger charge is -2.14. The highest BCUT2D eigenvalue weighted by Gasteiger charge is 2.13. The third kappa shape index (κ3) is 4.82. The van der Waals surface area contributed by atoms with Gasteiger partial charge in [0.2, 0.25) is 5.95 Å². The first-order valence-corrected chi connectivity index (χ1v) is 9.24. The van der Waals surface area contributed by atoms with Gasteiger partial charge >= 0.3 is 0 Å². The molecule has 7 heteroatoms. The minimum atomic E-state index is -0.347. The van der Waals surface area contributed by atoms with Gasteiger partial charge in [0.05, 0.1) is 14.2 Å². The number of nitrogens with zero attached hydrogens (tertiary/aromatic N) is 2. The lowest BCUT2D eigenvalue weighted by Crippen LogP contribution is -2.15. The van der Waals surface area contributed by atoms with Crippen molar-refractivity contribution in [2.75, 3.05) is 24.9 Å². The van der Waals surface area contributed by atoms with Gasteiger partial charge in [0.15, 0.2) is 11.5 Å². The summed E-state index contributed by atoms with van der Waals surface area (Å²) in [5.41, 5.74) is 2.89. The van der Waals surface area contributed by atoms with Crippen LogP contribution in [0, 0.1) is 0 Å². The third-order valence-corrected chi connectivity index (χ3v) is 4.36. The molecule has 29 heavy (non-hydrogen) atoms. The molecule has 0 bridgehead atoms. The Bertz CT molecular complexity index is 1000. The van der Waals surface area contributed by atoms with Crippen molar-refractivity contribution in [1.29, 1.82) is 0 Å². The van der Waals surface area contributed by atoms with Crippen LogP contribution in [0.2, 0.25) is 0 Å². The third-order valence-electron chi connectivity index (χ3n) is 4.36. The fourth-order valence-electron chi connectivity index (χ4n) is 2.89. The maximum absolute atomic E-state index is 12.6. The van der Waals surface area contributed by atoms with Crippen LogP contribution < -0.4 is 20.1 Å². The smallest absolute Gasteiger partial charge is 0.274 e. The molecule has 0 fully saturated rings. The van der Waals surface area contributed by atoms with Crippen molar-refractivity contribution in [3.05, 3.63) is 66.0 Å². The molecule has 150 valence electrons. The van der Waals surface area contributed by atoms with Crippen LogP contribution in [0.3, 0.4) is 0 Å². The highest BCUT2D eigenvalue weighted by atomic mass is 16.5. The van der Waals surface area contributed by atoms with E-state index in [9.17, 15) is 4.79 Å². The molecule has 0 saturated heterocycles. The van der Waals surface area contributed by atoms with Crippen molar-refractivity contribution in [1.82, 2.24) is 9.97 Å². The van der Waals surface area contributed by atoms with E-state index in [-0.39, 0.29) is 11.6 Å². The van der Waals surface area contributed by atoms with Crippen LogP contribution >= 0.6 is 0 Å². The zero-order valence-corrected chi connectivity index (χ0v) is 16.9. The van der Waals surface area contributed by atoms with E-state index in [1.807, 2.05) is 18.2 Å². The molecule has 0 atom stereocenters. The summed E-state index contributed by atoms with van der Waals surface area (Å²) in [6.45, 7) is 4.24. The highest BCUT2D eigenvalue weighted by Crippen LogP contribution is 2.30. The van der Waals surface area contributed by atoms with Crippen molar-refractivity contribution >= 4 is 23.2 Å². The van der Waals surface area contributed by atoms with Gasteiger partial charge in [-0.1, -0.05) is 32.0 Å². The fraction of sp³-hybridized carbons (Fsp3) is 0.227. The molecule has 0 unspecified atom stereocenters. The predicted octanol–water partition coefficient (Wildman–Crippen LogP) is 4.61. The number of hydrogen-bond acceptors (Lipinski definition) is 6. The zero-order valence-electron chi connectivity index (χ0n) is 16.9. The van der Waals surface area contributed by atoms with E-state index in [1.165, 1.54) is 0 Å². The Morgan fingerprint density at radius 1 is 1.00 bits per heavy atom. The molecule has 1 amide bonds. The second-order valence-electron chi connectivity index (χ2n) is 6.66. The van der Waals surface area contributed by atoms with Gasteiger partial charge in [-0.15, -0.1) is 0 Å². The molecule has 7 nitrogen and oxygen atoms in total. The summed E-state index contributed by atoms with van der Waals surface area (Å²) >= 11 is 0. The van der Waals surface area contributed by atoms with Crippen LogP contribution in [0.15, 0.2) is 54.7 Å². The van der Waals surface area contributed by atoms with Crippen LogP contribution in [-0.4, -0.2) is 30.1 Å². The molecule has 0 aliphatic carbocycles. The summed E-state index contributed by atoms with van der Waals surface area (Å²) in [5, 5.41) is 6.02. The van der Waals surface area contributed by atoms with E-state index in [0.717, 1.165) is 11.3 Å².